The maximum Gasteiger partial charge on any atom is 0.0448 e. The Bertz CT molecular complexity index is 187. The molecule has 1 aliphatic carbocycles. The molecule has 1 unspecified atom stereocenters. The molecule has 2 N–H and O–H groups in total. The minimum absolute atomic E-state index is 0.0793. The molecule has 0 heterocycles. The van der Waals surface area contributed by atoms with Gasteiger partial charge in [-0.25, -0.2) is 0 Å². The quantitative estimate of drug-likeness (QED) is 0.661. The highest BCUT2D eigenvalue weighted by molar-refractivity contribution is 4.91. The normalized spacial score (nSPS) is 22.6. The summed E-state index contributed by atoms with van der Waals surface area (Å²) in [4.78, 5) is 0. The molecule has 2 nitrogen and oxygen atoms in total. The number of nitrogens with one attached hydrogen (secondary N) is 1. The van der Waals surface area contributed by atoms with Gasteiger partial charge in [0, 0.05) is 12.1 Å². The zero-order valence-electron chi connectivity index (χ0n) is 9.42. The molecule has 0 aromatic rings. The largest absolute Gasteiger partial charge is 0.396 e. The Morgan fingerprint density at radius 1 is 1.43 bits per heavy atom. The summed E-state index contributed by atoms with van der Waals surface area (Å²) in [6, 6.07) is 0. The van der Waals surface area contributed by atoms with Gasteiger partial charge in [0.05, 0.1) is 0 Å². The summed E-state index contributed by atoms with van der Waals surface area (Å²) < 4.78 is 0. The number of hydrogen-bond donors (Lipinski definition) is 2. The van der Waals surface area contributed by atoms with Crippen LogP contribution in [0.15, 0.2) is 12.2 Å². The van der Waals surface area contributed by atoms with Crippen LogP contribution < -0.4 is 5.32 Å². The van der Waals surface area contributed by atoms with Crippen LogP contribution >= 0.6 is 0 Å². The maximum absolute atomic E-state index is 8.89. The van der Waals surface area contributed by atoms with E-state index < -0.39 is 0 Å². The molecule has 0 saturated heterocycles. The Hall–Kier alpha value is -0.340. The second-order valence-electron chi connectivity index (χ2n) is 4.89. The Balaban J connectivity index is 2.21. The van der Waals surface area contributed by atoms with Crippen LogP contribution in [0.25, 0.3) is 0 Å². The highest BCUT2D eigenvalue weighted by Crippen LogP contribution is 2.18. The molecule has 2 heteroatoms. The Labute approximate surface area is 87.4 Å². The number of allylic oxidation sites excluding steroid dienone is 2. The molecule has 0 spiro atoms. The molecule has 0 amide bonds. The lowest BCUT2D eigenvalue weighted by molar-refractivity contribution is 0.223. The summed E-state index contributed by atoms with van der Waals surface area (Å²) in [6.45, 7) is 5.66. The lowest BCUT2D eigenvalue weighted by atomic mass is 9.92. The molecule has 1 rings (SSSR count). The molecule has 82 valence electrons. The fourth-order valence-corrected chi connectivity index (χ4v) is 1.83. The summed E-state index contributed by atoms with van der Waals surface area (Å²) in [5.41, 5.74) is 0.0793. The van der Waals surface area contributed by atoms with E-state index in [4.69, 9.17) is 5.11 Å². The fourth-order valence-electron chi connectivity index (χ4n) is 1.83. The third-order valence-electron chi connectivity index (χ3n) is 2.98. The van der Waals surface area contributed by atoms with Crippen molar-refractivity contribution in [1.82, 2.24) is 5.32 Å². The highest BCUT2D eigenvalue weighted by Gasteiger charge is 2.18. The van der Waals surface area contributed by atoms with Gasteiger partial charge in [0.25, 0.3) is 0 Å². The average molecular weight is 197 g/mol. The van der Waals surface area contributed by atoms with Crippen molar-refractivity contribution in [2.24, 2.45) is 5.92 Å². The zero-order chi connectivity index (χ0) is 10.4. The van der Waals surface area contributed by atoms with Crippen LogP contribution in [0, 0.1) is 5.92 Å². The third-order valence-corrected chi connectivity index (χ3v) is 2.98. The van der Waals surface area contributed by atoms with E-state index in [9.17, 15) is 0 Å². The topological polar surface area (TPSA) is 32.3 Å². The fraction of sp³-hybridized carbons (Fsp3) is 0.833. The highest BCUT2D eigenvalue weighted by atomic mass is 16.3. The first-order valence-electron chi connectivity index (χ1n) is 5.65. The third kappa shape index (κ3) is 4.25. The first-order valence-corrected chi connectivity index (χ1v) is 5.65. The van der Waals surface area contributed by atoms with Gasteiger partial charge in [-0.15, -0.1) is 0 Å². The second-order valence-corrected chi connectivity index (χ2v) is 4.89. The van der Waals surface area contributed by atoms with Crippen molar-refractivity contribution in [3.8, 4) is 0 Å². The van der Waals surface area contributed by atoms with Gasteiger partial charge >= 0.3 is 0 Å². The molecule has 0 aromatic heterocycles. The molecule has 0 aliphatic heterocycles. The lowest BCUT2D eigenvalue weighted by Crippen LogP contribution is -2.42. The predicted molar refractivity (Wildman–Crippen MR) is 60.3 cm³/mol. The van der Waals surface area contributed by atoms with Crippen molar-refractivity contribution >= 4 is 0 Å². The van der Waals surface area contributed by atoms with Gasteiger partial charge < -0.3 is 10.4 Å². The number of hydrogen-bond acceptors (Lipinski definition) is 2. The average Bonchev–Trinajstić information content (AvgIpc) is 2.17. The summed E-state index contributed by atoms with van der Waals surface area (Å²) in [5, 5.41) is 12.4. The van der Waals surface area contributed by atoms with Crippen molar-refractivity contribution in [2.45, 2.75) is 45.1 Å². The van der Waals surface area contributed by atoms with Gasteiger partial charge in [-0.2, -0.15) is 0 Å². The number of aliphatic hydroxyl groups is 1. The van der Waals surface area contributed by atoms with Gasteiger partial charge in [-0.3, -0.25) is 0 Å². The van der Waals surface area contributed by atoms with Crippen LogP contribution in [-0.2, 0) is 0 Å². The minimum Gasteiger partial charge on any atom is -0.396 e. The van der Waals surface area contributed by atoms with Crippen LogP contribution in [0.3, 0.4) is 0 Å². The molecule has 1 aliphatic rings. The molecule has 0 radical (unpaired) electrons. The first kappa shape index (κ1) is 11.7. The van der Waals surface area contributed by atoms with E-state index in [1.165, 1.54) is 19.3 Å². The van der Waals surface area contributed by atoms with Gasteiger partial charge in [0.2, 0.25) is 0 Å². The van der Waals surface area contributed by atoms with Crippen molar-refractivity contribution in [3.05, 3.63) is 12.2 Å². The summed E-state index contributed by atoms with van der Waals surface area (Å²) in [5.74, 6) is 0.790. The molecular weight excluding hydrogens is 174 g/mol. The second kappa shape index (κ2) is 5.52. The van der Waals surface area contributed by atoms with E-state index in [0.29, 0.717) is 0 Å². The summed E-state index contributed by atoms with van der Waals surface area (Å²) in [6.07, 6.45) is 9.13. The monoisotopic (exact) mass is 197 g/mol. The van der Waals surface area contributed by atoms with E-state index in [-0.39, 0.29) is 12.1 Å². The van der Waals surface area contributed by atoms with E-state index in [1.807, 2.05) is 0 Å². The van der Waals surface area contributed by atoms with Gasteiger partial charge in [0.1, 0.15) is 0 Å². The molecule has 1 atom stereocenters. The van der Waals surface area contributed by atoms with E-state index in [1.54, 1.807) is 0 Å². The molecule has 0 bridgehead atoms. The first-order chi connectivity index (χ1) is 6.64. The smallest absolute Gasteiger partial charge is 0.0448 e. The van der Waals surface area contributed by atoms with Crippen LogP contribution in [0.1, 0.15) is 39.5 Å². The molecular formula is C12H23NO. The van der Waals surface area contributed by atoms with Crippen LogP contribution in [0.2, 0.25) is 0 Å². The Morgan fingerprint density at radius 2 is 2.21 bits per heavy atom. The number of rotatable bonds is 5. The van der Waals surface area contributed by atoms with Crippen molar-refractivity contribution in [1.29, 1.82) is 0 Å². The van der Waals surface area contributed by atoms with E-state index in [0.717, 1.165) is 18.9 Å². The molecule has 0 saturated carbocycles. The van der Waals surface area contributed by atoms with Gasteiger partial charge in [-0.05, 0) is 52.0 Å². The molecule has 14 heavy (non-hydrogen) atoms. The Morgan fingerprint density at radius 3 is 2.79 bits per heavy atom. The number of aliphatic hydroxyl groups excluding tert-OH is 1. The van der Waals surface area contributed by atoms with Crippen molar-refractivity contribution in [3.63, 3.8) is 0 Å². The lowest BCUT2D eigenvalue weighted by Gasteiger charge is -2.29. The van der Waals surface area contributed by atoms with Crippen LogP contribution in [0.4, 0.5) is 0 Å². The van der Waals surface area contributed by atoms with Crippen LogP contribution in [0.5, 0.6) is 0 Å². The van der Waals surface area contributed by atoms with E-state index >= 15 is 0 Å². The SMILES string of the molecule is CC(C)(CCO)NCC1CC=CCC1. The van der Waals surface area contributed by atoms with E-state index in [2.05, 4.69) is 31.3 Å². The standard InChI is InChI=1S/C12H23NO/c1-12(2,8-9-14)13-10-11-6-4-3-5-7-11/h3-4,11,13-14H,5-10H2,1-2H3. The maximum atomic E-state index is 8.89. The van der Waals surface area contributed by atoms with Gasteiger partial charge in [0.15, 0.2) is 0 Å². The van der Waals surface area contributed by atoms with Gasteiger partial charge in [-0.1, -0.05) is 12.2 Å². The minimum atomic E-state index is 0.0793. The Kier molecular flexibility index (Phi) is 4.63. The summed E-state index contributed by atoms with van der Waals surface area (Å²) in [7, 11) is 0. The van der Waals surface area contributed by atoms with Crippen molar-refractivity contribution in [2.75, 3.05) is 13.2 Å². The van der Waals surface area contributed by atoms with Crippen LogP contribution in [-0.4, -0.2) is 23.8 Å². The predicted octanol–water partition coefficient (Wildman–Crippen LogP) is 2.09. The molecule has 0 fully saturated rings. The molecule has 0 aromatic carbocycles. The van der Waals surface area contributed by atoms with Crippen molar-refractivity contribution < 1.29 is 5.11 Å². The zero-order valence-corrected chi connectivity index (χ0v) is 9.42. The summed E-state index contributed by atoms with van der Waals surface area (Å²) >= 11 is 0.